The molecule has 1 saturated carbocycles. The quantitative estimate of drug-likeness (QED) is 0.637. The minimum absolute atomic E-state index is 0.0667. The van der Waals surface area contributed by atoms with Gasteiger partial charge in [-0.1, -0.05) is 0 Å². The highest BCUT2D eigenvalue weighted by molar-refractivity contribution is 5.98. The predicted molar refractivity (Wildman–Crippen MR) is 91.4 cm³/mol. The summed E-state index contributed by atoms with van der Waals surface area (Å²) in [7, 11) is 0. The molecular formula is C17H21N5O2. The Morgan fingerprint density at radius 2 is 1.88 bits per heavy atom. The summed E-state index contributed by atoms with van der Waals surface area (Å²) < 4.78 is 0. The number of hydrogen-bond donors (Lipinski definition) is 4. The van der Waals surface area contributed by atoms with E-state index in [4.69, 9.17) is 5.73 Å². The van der Waals surface area contributed by atoms with E-state index in [0.717, 1.165) is 24.2 Å². The molecule has 0 saturated heterocycles. The summed E-state index contributed by atoms with van der Waals surface area (Å²) in [6, 6.07) is 6.85. The number of benzene rings is 1. The zero-order chi connectivity index (χ0) is 17.3. The summed E-state index contributed by atoms with van der Waals surface area (Å²) in [4.78, 5) is 20.9. The van der Waals surface area contributed by atoms with Crippen LogP contribution in [0.2, 0.25) is 0 Å². The van der Waals surface area contributed by atoms with E-state index in [1.807, 2.05) is 19.9 Å². The molecule has 1 aromatic heterocycles. The molecule has 3 rings (SSSR count). The second kappa shape index (κ2) is 6.45. The van der Waals surface area contributed by atoms with Crippen molar-refractivity contribution in [2.24, 2.45) is 5.73 Å². The number of rotatable bonds is 4. The molecular weight excluding hydrogens is 306 g/mol. The monoisotopic (exact) mass is 327 g/mol. The minimum Gasteiger partial charge on any atom is -0.507 e. The van der Waals surface area contributed by atoms with Gasteiger partial charge in [-0.2, -0.15) is 0 Å². The fourth-order valence-corrected chi connectivity index (χ4v) is 2.75. The Hall–Kier alpha value is -2.67. The lowest BCUT2D eigenvalue weighted by Crippen LogP contribution is -2.50. The van der Waals surface area contributed by atoms with Crippen LogP contribution in [0, 0.1) is 13.8 Å². The van der Waals surface area contributed by atoms with Crippen LogP contribution in [0.15, 0.2) is 24.3 Å². The highest BCUT2D eigenvalue weighted by Gasteiger charge is 2.28. The smallest absolute Gasteiger partial charge is 0.255 e. The number of phenols is 1. The molecule has 7 heteroatoms. The molecule has 126 valence electrons. The van der Waals surface area contributed by atoms with E-state index < -0.39 is 0 Å². The second-order valence-corrected chi connectivity index (χ2v) is 6.23. The van der Waals surface area contributed by atoms with Crippen molar-refractivity contribution in [3.8, 4) is 5.75 Å². The van der Waals surface area contributed by atoms with Gasteiger partial charge in [0, 0.05) is 29.2 Å². The van der Waals surface area contributed by atoms with E-state index in [1.165, 1.54) is 6.07 Å². The molecule has 7 nitrogen and oxygen atoms in total. The van der Waals surface area contributed by atoms with Gasteiger partial charge in [-0.05, 0) is 51.0 Å². The number of amides is 1. The first kappa shape index (κ1) is 16.2. The molecule has 1 aliphatic rings. The van der Waals surface area contributed by atoms with Crippen LogP contribution in [0.4, 0.5) is 11.6 Å². The first-order chi connectivity index (χ1) is 11.4. The van der Waals surface area contributed by atoms with Crippen molar-refractivity contribution in [2.45, 2.75) is 38.8 Å². The van der Waals surface area contributed by atoms with Crippen LogP contribution >= 0.6 is 0 Å². The third-order valence-electron chi connectivity index (χ3n) is 3.99. The molecule has 5 N–H and O–H groups in total. The van der Waals surface area contributed by atoms with Gasteiger partial charge in [0.2, 0.25) is 5.95 Å². The molecule has 0 unspecified atom stereocenters. The van der Waals surface area contributed by atoms with Gasteiger partial charge in [-0.25, -0.2) is 9.97 Å². The van der Waals surface area contributed by atoms with E-state index in [0.29, 0.717) is 11.6 Å². The molecule has 24 heavy (non-hydrogen) atoms. The van der Waals surface area contributed by atoms with Crippen LogP contribution < -0.4 is 16.4 Å². The number of carbonyl (C=O) groups is 1. The Morgan fingerprint density at radius 1 is 1.21 bits per heavy atom. The topological polar surface area (TPSA) is 113 Å². The zero-order valence-electron chi connectivity index (χ0n) is 13.7. The first-order valence-electron chi connectivity index (χ1n) is 7.89. The second-order valence-electron chi connectivity index (χ2n) is 6.23. The lowest BCUT2D eigenvalue weighted by molar-refractivity contribution is 0.0907. The molecule has 0 bridgehead atoms. The third kappa shape index (κ3) is 3.62. The lowest BCUT2D eigenvalue weighted by atomic mass is 9.87. The lowest BCUT2D eigenvalue weighted by Gasteiger charge is -2.33. The number of anilines is 2. The van der Waals surface area contributed by atoms with Gasteiger partial charge in [0.15, 0.2) is 0 Å². The number of aromatic nitrogens is 2. The Labute approximate surface area is 140 Å². The normalized spacial score (nSPS) is 19.5. The number of carbonyl (C=O) groups excluding carboxylic acids is 1. The minimum atomic E-state index is -0.311. The van der Waals surface area contributed by atoms with E-state index in [9.17, 15) is 9.90 Å². The molecule has 0 spiro atoms. The molecule has 0 aliphatic heterocycles. The average Bonchev–Trinajstić information content (AvgIpc) is 2.46. The molecule has 1 aromatic carbocycles. The van der Waals surface area contributed by atoms with Crippen molar-refractivity contribution in [3.05, 3.63) is 41.2 Å². The summed E-state index contributed by atoms with van der Waals surface area (Å²) >= 11 is 0. The Morgan fingerprint density at radius 3 is 2.50 bits per heavy atom. The standard InChI is InChI=1S/C17H21N5O2/c1-9-5-10(2)20-17(19-9)22-12-3-4-15(23)14(8-12)16(24)21-13-6-11(18)7-13/h3-5,8,11,13,23H,6-7,18H2,1-2H3,(H,21,24)(H,19,20,22). The summed E-state index contributed by atoms with van der Waals surface area (Å²) in [5.74, 6) is 0.0759. The van der Waals surface area contributed by atoms with Crippen molar-refractivity contribution in [3.63, 3.8) is 0 Å². The molecule has 1 heterocycles. The largest absolute Gasteiger partial charge is 0.507 e. The number of nitrogens with zero attached hydrogens (tertiary/aromatic N) is 2. The van der Waals surface area contributed by atoms with Crippen LogP contribution in [0.5, 0.6) is 5.75 Å². The van der Waals surface area contributed by atoms with Crippen LogP contribution in [0.3, 0.4) is 0 Å². The fraction of sp³-hybridized carbons (Fsp3) is 0.353. The van der Waals surface area contributed by atoms with Gasteiger partial charge >= 0.3 is 0 Å². The SMILES string of the molecule is Cc1cc(C)nc(Nc2ccc(O)c(C(=O)NC3CC(N)C3)c2)n1. The van der Waals surface area contributed by atoms with Crippen molar-refractivity contribution in [1.82, 2.24) is 15.3 Å². The van der Waals surface area contributed by atoms with E-state index in [2.05, 4.69) is 20.6 Å². The number of nitrogens with one attached hydrogen (secondary N) is 2. The zero-order valence-corrected chi connectivity index (χ0v) is 13.7. The maximum absolute atomic E-state index is 12.3. The van der Waals surface area contributed by atoms with Gasteiger partial charge in [-0.3, -0.25) is 4.79 Å². The number of hydrogen-bond acceptors (Lipinski definition) is 6. The number of phenolic OH excluding ortho intramolecular Hbond substituents is 1. The third-order valence-corrected chi connectivity index (χ3v) is 3.99. The molecule has 1 amide bonds. The molecule has 1 aliphatic carbocycles. The molecule has 0 radical (unpaired) electrons. The maximum atomic E-state index is 12.3. The van der Waals surface area contributed by atoms with Crippen LogP contribution in [0.1, 0.15) is 34.6 Å². The molecule has 0 atom stereocenters. The van der Waals surface area contributed by atoms with Crippen molar-refractivity contribution >= 4 is 17.5 Å². The summed E-state index contributed by atoms with van der Waals surface area (Å²) in [5.41, 5.74) is 8.27. The van der Waals surface area contributed by atoms with Crippen molar-refractivity contribution in [2.75, 3.05) is 5.32 Å². The Bertz CT molecular complexity index is 751. The predicted octanol–water partition coefficient (Wildman–Crippen LogP) is 1.76. The van der Waals surface area contributed by atoms with Gasteiger partial charge in [0.05, 0.1) is 5.56 Å². The first-order valence-corrected chi connectivity index (χ1v) is 7.89. The summed E-state index contributed by atoms with van der Waals surface area (Å²) in [6.07, 6.45) is 1.53. The highest BCUT2D eigenvalue weighted by Crippen LogP contribution is 2.25. The van der Waals surface area contributed by atoms with Gasteiger partial charge in [0.25, 0.3) is 5.91 Å². The van der Waals surface area contributed by atoms with Gasteiger partial charge in [-0.15, -0.1) is 0 Å². The van der Waals surface area contributed by atoms with Crippen LogP contribution in [0.25, 0.3) is 0 Å². The summed E-state index contributed by atoms with van der Waals surface area (Å²) in [6.45, 7) is 3.78. The van der Waals surface area contributed by atoms with Gasteiger partial charge in [0.1, 0.15) is 5.75 Å². The van der Waals surface area contributed by atoms with Crippen LogP contribution in [-0.2, 0) is 0 Å². The van der Waals surface area contributed by atoms with Crippen LogP contribution in [-0.4, -0.2) is 33.1 Å². The van der Waals surface area contributed by atoms with Gasteiger partial charge < -0.3 is 21.5 Å². The Kier molecular flexibility index (Phi) is 4.35. The van der Waals surface area contributed by atoms with Crippen molar-refractivity contribution in [1.29, 1.82) is 0 Å². The number of nitrogens with two attached hydrogens (primary N) is 1. The average molecular weight is 327 g/mol. The highest BCUT2D eigenvalue weighted by atomic mass is 16.3. The van der Waals surface area contributed by atoms with E-state index in [-0.39, 0.29) is 29.3 Å². The van der Waals surface area contributed by atoms with Crippen molar-refractivity contribution < 1.29 is 9.90 Å². The van der Waals surface area contributed by atoms with E-state index in [1.54, 1.807) is 12.1 Å². The number of aryl methyl sites for hydroxylation is 2. The maximum Gasteiger partial charge on any atom is 0.255 e. The fourth-order valence-electron chi connectivity index (χ4n) is 2.75. The van der Waals surface area contributed by atoms with E-state index >= 15 is 0 Å². The Balaban J connectivity index is 1.76. The molecule has 1 fully saturated rings. The molecule has 2 aromatic rings. The summed E-state index contributed by atoms with van der Waals surface area (Å²) in [5, 5.41) is 15.9. The number of aromatic hydroxyl groups is 1.